The lowest BCUT2D eigenvalue weighted by atomic mass is 10.0. The minimum absolute atomic E-state index is 0.0317. The van der Waals surface area contributed by atoms with Crippen molar-refractivity contribution in [3.05, 3.63) is 64.8 Å². The number of fused-ring (bicyclic) bond motifs is 2. The average Bonchev–Trinajstić information content (AvgIpc) is 3.47. The van der Waals surface area contributed by atoms with Crippen molar-refractivity contribution in [3.63, 3.8) is 0 Å². The van der Waals surface area contributed by atoms with Crippen molar-refractivity contribution in [2.45, 2.75) is 31.5 Å². The van der Waals surface area contributed by atoms with Crippen LogP contribution in [0.2, 0.25) is 5.02 Å². The van der Waals surface area contributed by atoms with Gasteiger partial charge in [0.2, 0.25) is 0 Å². The number of carbonyl (C=O) groups is 1. The molecule has 2 unspecified atom stereocenters. The molecule has 3 atom stereocenters. The zero-order chi connectivity index (χ0) is 32.5. The number of hydrogen-bond donors (Lipinski definition) is 0. The van der Waals surface area contributed by atoms with Gasteiger partial charge >= 0.3 is 6.01 Å². The molecule has 0 aliphatic carbocycles. The Labute approximate surface area is 271 Å². The number of anilines is 2. The Balaban J connectivity index is 1.37. The Bertz CT molecular complexity index is 1700. The summed E-state index contributed by atoms with van der Waals surface area (Å²) in [6.07, 6.45) is 0.362. The minimum Gasteiger partial charge on any atom is -0.457 e. The summed E-state index contributed by atoms with van der Waals surface area (Å²) in [7, 11) is 4.01. The second-order valence-electron chi connectivity index (χ2n) is 12.2. The maximum absolute atomic E-state index is 14.6. The number of halogens is 3. The fourth-order valence-electron chi connectivity index (χ4n) is 6.70. The molecule has 3 aromatic rings. The Morgan fingerprint density at radius 2 is 2.02 bits per heavy atom. The van der Waals surface area contributed by atoms with Crippen LogP contribution in [-0.2, 0) is 22.5 Å². The molecule has 0 N–H and O–H groups in total. The van der Waals surface area contributed by atoms with Crippen LogP contribution in [-0.4, -0.2) is 97.9 Å². The van der Waals surface area contributed by atoms with E-state index in [1.807, 2.05) is 37.2 Å². The van der Waals surface area contributed by atoms with Crippen LogP contribution in [0.15, 0.2) is 42.7 Å². The van der Waals surface area contributed by atoms with Gasteiger partial charge in [-0.25, -0.2) is 8.78 Å². The Morgan fingerprint density at radius 3 is 2.78 bits per heavy atom. The number of nitrogens with zero attached hydrogens (tertiary/aromatic N) is 7. The first-order valence-electron chi connectivity index (χ1n) is 15.3. The summed E-state index contributed by atoms with van der Waals surface area (Å²) in [5.41, 5.74) is 2.49. The molecule has 1 amide bonds. The number of benzene rings is 2. The third-order valence-electron chi connectivity index (χ3n) is 8.87. The number of hydrogen-bond acceptors (Lipinski definition) is 9. The van der Waals surface area contributed by atoms with Crippen LogP contribution in [0.25, 0.3) is 10.8 Å². The molecule has 4 heterocycles. The molecule has 0 bridgehead atoms. The van der Waals surface area contributed by atoms with Gasteiger partial charge in [-0.3, -0.25) is 4.79 Å². The van der Waals surface area contributed by atoms with Gasteiger partial charge in [-0.2, -0.15) is 15.2 Å². The molecule has 13 heteroatoms. The van der Waals surface area contributed by atoms with Crippen LogP contribution in [0.4, 0.5) is 20.3 Å². The maximum atomic E-state index is 14.6. The van der Waals surface area contributed by atoms with E-state index in [0.29, 0.717) is 50.5 Å². The van der Waals surface area contributed by atoms with E-state index in [2.05, 4.69) is 22.4 Å². The molecule has 2 saturated heterocycles. The third-order valence-corrected chi connectivity index (χ3v) is 9.24. The van der Waals surface area contributed by atoms with Gasteiger partial charge in [-0.1, -0.05) is 36.4 Å². The van der Waals surface area contributed by atoms with Crippen molar-refractivity contribution < 1.29 is 23.0 Å². The lowest BCUT2D eigenvalue weighted by Crippen LogP contribution is -2.55. The highest BCUT2D eigenvalue weighted by molar-refractivity contribution is 6.36. The van der Waals surface area contributed by atoms with Crippen LogP contribution >= 0.6 is 11.6 Å². The molecular formula is C33H36ClF2N7O3. The molecule has 0 saturated carbocycles. The lowest BCUT2D eigenvalue weighted by molar-refractivity contribution is -0.131. The van der Waals surface area contributed by atoms with Gasteiger partial charge in [0.15, 0.2) is 5.83 Å². The molecule has 2 aromatic carbocycles. The van der Waals surface area contributed by atoms with Crippen LogP contribution in [0.3, 0.4) is 0 Å². The highest BCUT2D eigenvalue weighted by Gasteiger charge is 2.36. The zero-order valence-electron chi connectivity index (χ0n) is 25.9. The van der Waals surface area contributed by atoms with E-state index < -0.39 is 23.6 Å². The summed E-state index contributed by atoms with van der Waals surface area (Å²) in [6.45, 7) is 6.79. The number of rotatable bonds is 8. The normalized spacial score (nSPS) is 21.4. The number of amides is 1. The topological polar surface area (TPSA) is 98.1 Å². The van der Waals surface area contributed by atoms with E-state index in [0.717, 1.165) is 28.9 Å². The van der Waals surface area contributed by atoms with Crippen LogP contribution in [0.5, 0.6) is 6.01 Å². The van der Waals surface area contributed by atoms with E-state index in [9.17, 15) is 18.8 Å². The van der Waals surface area contributed by atoms with Crippen molar-refractivity contribution in [1.29, 1.82) is 5.26 Å². The van der Waals surface area contributed by atoms with Crippen molar-refractivity contribution in [2.24, 2.45) is 5.92 Å². The number of nitriles is 1. The van der Waals surface area contributed by atoms with E-state index in [1.54, 1.807) is 6.07 Å². The molecule has 3 aliphatic heterocycles. The summed E-state index contributed by atoms with van der Waals surface area (Å²) >= 11 is 6.49. The van der Waals surface area contributed by atoms with Crippen LogP contribution in [0.1, 0.15) is 17.7 Å². The molecule has 1 aromatic heterocycles. The molecule has 3 aliphatic rings. The second-order valence-corrected chi connectivity index (χ2v) is 12.6. The number of ether oxygens (including phenoxy) is 2. The molecule has 0 radical (unpaired) electrons. The van der Waals surface area contributed by atoms with Gasteiger partial charge < -0.3 is 29.1 Å². The molecule has 46 heavy (non-hydrogen) atoms. The summed E-state index contributed by atoms with van der Waals surface area (Å²) in [4.78, 5) is 30.0. The van der Waals surface area contributed by atoms with Crippen molar-refractivity contribution in [2.75, 3.05) is 69.8 Å². The van der Waals surface area contributed by atoms with E-state index in [4.69, 9.17) is 31.0 Å². The molecule has 0 spiro atoms. The fraction of sp³-hybridized carbons (Fsp3) is 0.455. The Morgan fingerprint density at radius 1 is 1.20 bits per heavy atom. The summed E-state index contributed by atoms with van der Waals surface area (Å²) < 4.78 is 40.6. The lowest BCUT2D eigenvalue weighted by Gasteiger charge is -2.42. The molecular weight excluding hydrogens is 616 g/mol. The third kappa shape index (κ3) is 6.32. The number of aromatic nitrogens is 2. The standard InChI is InChI=1S/C33H36ClF2N7O3/c1-20(35)32(44)43-14-13-42(16-23(43)9-11-37)31-24-10-12-41(27-6-4-5-21-7-8-25(36)30(34)29(21)27)17-26(24)38-33(39-31)46-28-19-45-18-22(28)15-40(2)3/h4-8,22-23,28H,1,9-10,12-19H2,2-3H3/t22?,23?,28-/m1/s1. The first kappa shape index (κ1) is 31.9. The largest absolute Gasteiger partial charge is 0.457 e. The molecule has 242 valence electrons. The van der Waals surface area contributed by atoms with Gasteiger partial charge in [0.05, 0.1) is 49.0 Å². The predicted octanol–water partition coefficient (Wildman–Crippen LogP) is 4.35. The first-order valence-corrected chi connectivity index (χ1v) is 15.7. The van der Waals surface area contributed by atoms with Crippen LogP contribution < -0.4 is 14.5 Å². The van der Waals surface area contributed by atoms with Gasteiger partial charge in [0.1, 0.15) is 17.7 Å². The summed E-state index contributed by atoms with van der Waals surface area (Å²) in [6, 6.07) is 10.6. The Hall–Kier alpha value is -4.05. The van der Waals surface area contributed by atoms with E-state index in [1.165, 1.54) is 11.0 Å². The average molecular weight is 652 g/mol. The van der Waals surface area contributed by atoms with E-state index in [-0.39, 0.29) is 42.6 Å². The SMILES string of the molecule is C=C(F)C(=O)N1CCN(c2nc(O[C@@H]3COCC3CN(C)C)nc3c2CCN(c2cccc4ccc(F)c(Cl)c24)C3)CC1CC#N. The van der Waals surface area contributed by atoms with Crippen molar-refractivity contribution in [1.82, 2.24) is 19.8 Å². The fourth-order valence-corrected chi connectivity index (χ4v) is 6.97. The van der Waals surface area contributed by atoms with Crippen molar-refractivity contribution >= 4 is 39.8 Å². The first-order chi connectivity index (χ1) is 22.1. The monoisotopic (exact) mass is 651 g/mol. The Kier molecular flexibility index (Phi) is 9.27. The van der Waals surface area contributed by atoms with Gasteiger partial charge in [-0.15, -0.1) is 0 Å². The molecule has 10 nitrogen and oxygen atoms in total. The number of piperazine rings is 1. The summed E-state index contributed by atoms with van der Waals surface area (Å²) in [5.74, 6) is -1.54. The zero-order valence-corrected chi connectivity index (χ0v) is 26.6. The molecule has 6 rings (SSSR count). The summed E-state index contributed by atoms with van der Waals surface area (Å²) in [5, 5.41) is 11.1. The maximum Gasteiger partial charge on any atom is 0.319 e. The highest BCUT2D eigenvalue weighted by atomic mass is 35.5. The van der Waals surface area contributed by atoms with Crippen LogP contribution in [0, 0.1) is 23.1 Å². The predicted molar refractivity (Wildman–Crippen MR) is 171 cm³/mol. The minimum atomic E-state index is -1.05. The van der Waals surface area contributed by atoms with Gasteiger partial charge in [-0.05, 0) is 38.0 Å². The number of carbonyl (C=O) groups excluding carboxylic acids is 1. The highest BCUT2D eigenvalue weighted by Crippen LogP contribution is 2.38. The van der Waals surface area contributed by atoms with E-state index >= 15 is 0 Å². The molecule has 2 fully saturated rings. The second kappa shape index (κ2) is 13.4. The smallest absolute Gasteiger partial charge is 0.319 e. The van der Waals surface area contributed by atoms with Gasteiger partial charge in [0.25, 0.3) is 5.91 Å². The quantitative estimate of drug-likeness (QED) is 0.329. The van der Waals surface area contributed by atoms with Crippen molar-refractivity contribution in [3.8, 4) is 12.1 Å². The van der Waals surface area contributed by atoms with Gasteiger partial charge in [0, 0.05) is 55.3 Å².